The van der Waals surface area contributed by atoms with Crippen LogP contribution in [-0.2, 0) is 16.1 Å². The monoisotopic (exact) mass is 374 g/mol. The number of benzene rings is 1. The largest absolute Gasteiger partial charge is 0.573 e. The third kappa shape index (κ3) is 3.96. The van der Waals surface area contributed by atoms with Crippen molar-refractivity contribution in [1.29, 1.82) is 0 Å². The first-order valence-electron chi connectivity index (χ1n) is 8.41. The number of ether oxygens (including phenoxy) is 2. The van der Waals surface area contributed by atoms with Gasteiger partial charge in [-0.3, -0.25) is 4.79 Å². The summed E-state index contributed by atoms with van der Waals surface area (Å²) in [5, 5.41) is 0. The average molecular weight is 374 g/mol. The van der Waals surface area contributed by atoms with Gasteiger partial charge in [0.25, 0.3) is 0 Å². The molecule has 0 spiro atoms. The van der Waals surface area contributed by atoms with E-state index >= 15 is 0 Å². The normalized spacial score (nSPS) is 24.7. The van der Waals surface area contributed by atoms with Crippen molar-refractivity contribution >= 4 is 5.91 Å². The molecule has 1 aliphatic carbocycles. The summed E-state index contributed by atoms with van der Waals surface area (Å²) in [4.78, 5) is 14.3. The van der Waals surface area contributed by atoms with Crippen molar-refractivity contribution in [2.45, 2.75) is 51.7 Å². The minimum Gasteiger partial charge on any atom is -0.406 e. The zero-order chi connectivity index (χ0) is 19.8. The molecular formula is C18H25F3N2O3. The highest BCUT2D eigenvalue weighted by Gasteiger charge is 2.63. The van der Waals surface area contributed by atoms with Gasteiger partial charge in [0.05, 0.1) is 6.10 Å². The highest BCUT2D eigenvalue weighted by atomic mass is 19.4. The zero-order valence-corrected chi connectivity index (χ0v) is 15.4. The summed E-state index contributed by atoms with van der Waals surface area (Å²) < 4.78 is 46.1. The second kappa shape index (κ2) is 7.08. The Hall–Kier alpha value is -1.80. The zero-order valence-electron chi connectivity index (χ0n) is 15.4. The number of amides is 1. The van der Waals surface area contributed by atoms with E-state index in [0.29, 0.717) is 18.6 Å². The van der Waals surface area contributed by atoms with Crippen LogP contribution in [0.2, 0.25) is 0 Å². The Balaban J connectivity index is 2.01. The number of alkyl halides is 3. The Morgan fingerprint density at radius 3 is 2.35 bits per heavy atom. The molecule has 0 heterocycles. The summed E-state index contributed by atoms with van der Waals surface area (Å²) in [5.74, 6) is -0.515. The van der Waals surface area contributed by atoms with Crippen LogP contribution in [0.5, 0.6) is 5.75 Å². The van der Waals surface area contributed by atoms with Crippen molar-refractivity contribution in [3.8, 4) is 5.75 Å². The minimum absolute atomic E-state index is 0.0753. The SMILES string of the molecule is CCOC1CC(N)(C(=O)N(C)Cc2ccc(OC(F)(F)F)cc2)C1(C)C. The molecule has 1 aliphatic rings. The second-order valence-corrected chi connectivity index (χ2v) is 7.19. The summed E-state index contributed by atoms with van der Waals surface area (Å²) in [6.45, 7) is 6.50. The molecule has 2 unspecified atom stereocenters. The maximum Gasteiger partial charge on any atom is 0.573 e. The lowest BCUT2D eigenvalue weighted by atomic mass is 9.54. The maximum atomic E-state index is 12.8. The van der Waals surface area contributed by atoms with Gasteiger partial charge < -0.3 is 20.1 Å². The van der Waals surface area contributed by atoms with Crippen LogP contribution in [0.15, 0.2) is 24.3 Å². The fourth-order valence-electron chi connectivity index (χ4n) is 3.28. The van der Waals surface area contributed by atoms with Crippen LogP contribution < -0.4 is 10.5 Å². The molecule has 146 valence electrons. The lowest BCUT2D eigenvalue weighted by molar-refractivity contribution is -0.274. The first-order chi connectivity index (χ1) is 11.9. The molecule has 8 heteroatoms. The molecule has 2 atom stereocenters. The molecule has 1 aromatic rings. The maximum absolute atomic E-state index is 12.8. The van der Waals surface area contributed by atoms with Gasteiger partial charge in [0.2, 0.25) is 5.91 Å². The number of rotatable bonds is 6. The molecule has 26 heavy (non-hydrogen) atoms. The van der Waals surface area contributed by atoms with E-state index in [-0.39, 0.29) is 24.3 Å². The number of nitrogens with zero attached hydrogens (tertiary/aromatic N) is 1. The number of carbonyl (C=O) groups is 1. The van der Waals surface area contributed by atoms with Gasteiger partial charge in [-0.1, -0.05) is 26.0 Å². The number of hydrogen-bond acceptors (Lipinski definition) is 4. The summed E-state index contributed by atoms with van der Waals surface area (Å²) >= 11 is 0. The van der Waals surface area contributed by atoms with Gasteiger partial charge in [-0.15, -0.1) is 13.2 Å². The number of likely N-dealkylation sites (N-methyl/N-ethyl adjacent to an activating group) is 1. The van der Waals surface area contributed by atoms with Gasteiger partial charge in [-0.25, -0.2) is 0 Å². The van der Waals surface area contributed by atoms with E-state index in [1.807, 2.05) is 20.8 Å². The summed E-state index contributed by atoms with van der Waals surface area (Å²) in [6.07, 6.45) is -4.36. The topological polar surface area (TPSA) is 64.8 Å². The molecule has 1 amide bonds. The van der Waals surface area contributed by atoms with Gasteiger partial charge in [0.1, 0.15) is 11.3 Å². The smallest absolute Gasteiger partial charge is 0.406 e. The number of halogens is 3. The standard InChI is InChI=1S/C18H25F3N2O3/c1-5-25-14-10-17(22,16(14,2)3)15(24)23(4)11-12-6-8-13(9-7-12)26-18(19,20)21/h6-9,14H,5,10-11,22H2,1-4H3. The van der Waals surface area contributed by atoms with Crippen molar-refractivity contribution in [3.05, 3.63) is 29.8 Å². The van der Waals surface area contributed by atoms with Gasteiger partial charge >= 0.3 is 6.36 Å². The van der Waals surface area contributed by atoms with Crippen molar-refractivity contribution < 1.29 is 27.4 Å². The lowest BCUT2D eigenvalue weighted by Gasteiger charge is -2.58. The molecule has 0 radical (unpaired) electrons. The minimum atomic E-state index is -4.73. The van der Waals surface area contributed by atoms with Crippen molar-refractivity contribution in [1.82, 2.24) is 4.90 Å². The van der Waals surface area contributed by atoms with Gasteiger partial charge in [0.15, 0.2) is 0 Å². The quantitative estimate of drug-likeness (QED) is 0.831. The van der Waals surface area contributed by atoms with E-state index in [9.17, 15) is 18.0 Å². The van der Waals surface area contributed by atoms with E-state index in [2.05, 4.69) is 4.74 Å². The highest BCUT2D eigenvalue weighted by Crippen LogP contribution is 2.50. The van der Waals surface area contributed by atoms with E-state index < -0.39 is 17.3 Å². The molecule has 1 aromatic carbocycles. The van der Waals surface area contributed by atoms with Crippen molar-refractivity contribution in [3.63, 3.8) is 0 Å². The van der Waals surface area contributed by atoms with E-state index in [0.717, 1.165) is 0 Å². The van der Waals surface area contributed by atoms with Crippen LogP contribution in [-0.4, -0.2) is 42.5 Å². The lowest BCUT2D eigenvalue weighted by Crippen LogP contribution is -2.75. The van der Waals surface area contributed by atoms with E-state index in [1.54, 1.807) is 7.05 Å². The van der Waals surface area contributed by atoms with Crippen LogP contribution in [0.25, 0.3) is 0 Å². The second-order valence-electron chi connectivity index (χ2n) is 7.19. The first kappa shape index (κ1) is 20.5. The molecule has 0 aliphatic heterocycles. The van der Waals surface area contributed by atoms with Crippen LogP contribution in [0, 0.1) is 5.41 Å². The third-order valence-corrected chi connectivity index (χ3v) is 5.13. The molecule has 0 bridgehead atoms. The van der Waals surface area contributed by atoms with E-state index in [1.165, 1.54) is 29.2 Å². The van der Waals surface area contributed by atoms with Gasteiger partial charge in [-0.2, -0.15) is 0 Å². The Labute approximate surface area is 151 Å². The number of hydrogen-bond donors (Lipinski definition) is 1. The molecule has 1 saturated carbocycles. The van der Waals surface area contributed by atoms with Crippen LogP contribution in [0.4, 0.5) is 13.2 Å². The Bertz CT molecular complexity index is 646. The molecule has 0 aromatic heterocycles. The summed E-state index contributed by atoms with van der Waals surface area (Å²) in [5.41, 5.74) is 5.53. The molecule has 5 nitrogen and oxygen atoms in total. The number of nitrogens with two attached hydrogens (primary N) is 1. The van der Waals surface area contributed by atoms with Crippen molar-refractivity contribution in [2.75, 3.05) is 13.7 Å². The van der Waals surface area contributed by atoms with E-state index in [4.69, 9.17) is 10.5 Å². The fraction of sp³-hybridized carbons (Fsp3) is 0.611. The third-order valence-electron chi connectivity index (χ3n) is 5.13. The average Bonchev–Trinajstić information content (AvgIpc) is 2.54. The van der Waals surface area contributed by atoms with Crippen LogP contribution in [0.3, 0.4) is 0 Å². The molecule has 2 rings (SSSR count). The van der Waals surface area contributed by atoms with Crippen LogP contribution in [0.1, 0.15) is 32.8 Å². The molecule has 1 fully saturated rings. The number of carbonyl (C=O) groups excluding carboxylic acids is 1. The Morgan fingerprint density at radius 2 is 1.88 bits per heavy atom. The highest BCUT2D eigenvalue weighted by molar-refractivity contribution is 5.88. The van der Waals surface area contributed by atoms with Crippen LogP contribution >= 0.6 is 0 Å². The first-order valence-corrected chi connectivity index (χ1v) is 8.41. The summed E-state index contributed by atoms with van der Waals surface area (Å²) in [6, 6.07) is 5.42. The van der Waals surface area contributed by atoms with Gasteiger partial charge in [-0.05, 0) is 24.6 Å². The molecule has 2 N–H and O–H groups in total. The Morgan fingerprint density at radius 1 is 1.31 bits per heavy atom. The molecular weight excluding hydrogens is 349 g/mol. The van der Waals surface area contributed by atoms with Crippen molar-refractivity contribution in [2.24, 2.45) is 11.1 Å². The summed E-state index contributed by atoms with van der Waals surface area (Å²) in [7, 11) is 1.63. The fourth-order valence-corrected chi connectivity index (χ4v) is 3.28. The predicted molar refractivity (Wildman–Crippen MR) is 90.3 cm³/mol. The van der Waals surface area contributed by atoms with Gasteiger partial charge in [0, 0.05) is 32.0 Å². The molecule has 0 saturated heterocycles. The Kier molecular flexibility index (Phi) is 5.58. The predicted octanol–water partition coefficient (Wildman–Crippen LogP) is 3.08.